The van der Waals surface area contributed by atoms with Gasteiger partial charge >= 0.3 is 17.9 Å². The highest BCUT2D eigenvalue weighted by Gasteiger charge is 2.79. The van der Waals surface area contributed by atoms with Crippen molar-refractivity contribution in [2.75, 3.05) is 0 Å². The van der Waals surface area contributed by atoms with E-state index in [2.05, 4.69) is 6.58 Å². The Labute approximate surface area is 191 Å². The molecule has 4 bridgehead atoms. The van der Waals surface area contributed by atoms with E-state index in [0.717, 1.165) is 5.56 Å². The van der Waals surface area contributed by atoms with E-state index in [0.29, 0.717) is 23.5 Å². The van der Waals surface area contributed by atoms with Gasteiger partial charge in [-0.3, -0.25) is 9.59 Å². The van der Waals surface area contributed by atoms with Crippen molar-refractivity contribution in [3.63, 3.8) is 0 Å². The lowest BCUT2D eigenvalue weighted by molar-refractivity contribution is -0.168. The largest absolute Gasteiger partial charge is 0.459 e. The summed E-state index contributed by atoms with van der Waals surface area (Å²) < 4.78 is 35.1. The highest BCUT2D eigenvalue weighted by Crippen LogP contribution is 2.60. The summed E-state index contributed by atoms with van der Waals surface area (Å²) in [6, 6.07) is 1.88. The van der Waals surface area contributed by atoms with Crippen LogP contribution in [-0.4, -0.2) is 47.4 Å². The molecule has 0 radical (unpaired) electrons. The van der Waals surface area contributed by atoms with E-state index in [4.69, 9.17) is 28.1 Å². The molecule has 4 aliphatic heterocycles. The molecule has 1 unspecified atom stereocenters. The number of furan rings is 1. The number of carbonyl (C=O) groups is 3. The summed E-state index contributed by atoms with van der Waals surface area (Å²) in [5.41, 5.74) is -0.517. The van der Waals surface area contributed by atoms with Crippen molar-refractivity contribution in [1.82, 2.24) is 0 Å². The molecule has 0 aliphatic carbocycles. The van der Waals surface area contributed by atoms with Crippen molar-refractivity contribution in [3.05, 3.63) is 35.3 Å². The van der Waals surface area contributed by atoms with E-state index in [1.165, 1.54) is 13.8 Å². The minimum absolute atomic E-state index is 0.137. The quantitative estimate of drug-likeness (QED) is 0.290. The van der Waals surface area contributed by atoms with E-state index >= 15 is 0 Å². The number of carbonyl (C=O) groups excluding carboxylic acids is 3. The second kappa shape index (κ2) is 7.17. The monoisotopic (exact) mass is 460 g/mol. The summed E-state index contributed by atoms with van der Waals surface area (Å²) in [6.07, 6.45) is -2.65. The van der Waals surface area contributed by atoms with Crippen molar-refractivity contribution in [2.45, 2.75) is 89.2 Å². The molecule has 1 aromatic rings. The molecular formula is C24H28O9. The van der Waals surface area contributed by atoms with E-state index in [9.17, 15) is 14.4 Å². The number of hydrogen-bond acceptors (Lipinski definition) is 9. The molecule has 3 saturated heterocycles. The molecule has 5 heterocycles. The van der Waals surface area contributed by atoms with Gasteiger partial charge in [-0.2, -0.15) is 0 Å². The van der Waals surface area contributed by atoms with E-state index in [-0.39, 0.29) is 12.5 Å². The zero-order chi connectivity index (χ0) is 23.9. The van der Waals surface area contributed by atoms with Gasteiger partial charge in [-0.1, -0.05) is 12.2 Å². The number of hydrogen-bond donors (Lipinski definition) is 0. The summed E-state index contributed by atoms with van der Waals surface area (Å²) in [7, 11) is 0. The van der Waals surface area contributed by atoms with Gasteiger partial charge in [0.1, 0.15) is 41.5 Å². The third-order valence-electron chi connectivity index (χ3n) is 7.13. The number of fused-ring (bicyclic) bond motifs is 4. The molecule has 3 fully saturated rings. The lowest BCUT2D eigenvalue weighted by Crippen LogP contribution is -2.42. The van der Waals surface area contributed by atoms with Crippen molar-refractivity contribution >= 4 is 17.9 Å². The smallest absolute Gasteiger partial charge is 0.345 e. The van der Waals surface area contributed by atoms with Crippen LogP contribution in [0.25, 0.3) is 0 Å². The molecule has 0 spiro atoms. The van der Waals surface area contributed by atoms with Crippen LogP contribution in [0.2, 0.25) is 0 Å². The minimum atomic E-state index is -1.39. The third-order valence-corrected chi connectivity index (χ3v) is 7.13. The first-order chi connectivity index (χ1) is 15.5. The van der Waals surface area contributed by atoms with Crippen molar-refractivity contribution in [1.29, 1.82) is 0 Å². The van der Waals surface area contributed by atoms with E-state index in [1.807, 2.05) is 19.9 Å². The second-order valence-corrected chi connectivity index (χ2v) is 9.80. The maximum atomic E-state index is 13.0. The normalized spacial score (nSPS) is 40.7. The zero-order valence-electron chi connectivity index (χ0n) is 19.3. The first-order valence-corrected chi connectivity index (χ1v) is 11.1. The van der Waals surface area contributed by atoms with Gasteiger partial charge in [0, 0.05) is 26.2 Å². The molecule has 0 amide bonds. The predicted octanol–water partition coefficient (Wildman–Crippen LogP) is 3.00. The van der Waals surface area contributed by atoms with Crippen LogP contribution in [-0.2, 0) is 38.1 Å². The summed E-state index contributed by atoms with van der Waals surface area (Å²) in [4.78, 5) is 37.1. The Morgan fingerprint density at radius 3 is 2.45 bits per heavy atom. The number of ether oxygens (including phenoxy) is 5. The van der Waals surface area contributed by atoms with Crippen molar-refractivity contribution in [2.24, 2.45) is 5.92 Å². The first-order valence-electron chi connectivity index (χ1n) is 11.1. The zero-order valence-corrected chi connectivity index (χ0v) is 19.3. The van der Waals surface area contributed by atoms with Crippen LogP contribution in [0, 0.1) is 12.8 Å². The molecule has 4 aliphatic rings. The first kappa shape index (κ1) is 22.2. The molecule has 0 N–H and O–H groups in total. The molecule has 9 heteroatoms. The number of esters is 3. The van der Waals surface area contributed by atoms with Crippen LogP contribution in [0.4, 0.5) is 0 Å². The number of epoxide rings is 2. The average Bonchev–Trinajstić information content (AvgIpc) is 3.53. The molecule has 178 valence electrons. The van der Waals surface area contributed by atoms with Gasteiger partial charge in [-0.15, -0.1) is 0 Å². The van der Waals surface area contributed by atoms with Gasteiger partial charge in [0.2, 0.25) is 5.60 Å². The van der Waals surface area contributed by atoms with Crippen LogP contribution in [0.5, 0.6) is 0 Å². The summed E-state index contributed by atoms with van der Waals surface area (Å²) in [6.45, 7) is 12.3. The molecule has 0 aromatic carbocycles. The van der Waals surface area contributed by atoms with Crippen LogP contribution < -0.4 is 0 Å². The van der Waals surface area contributed by atoms with Gasteiger partial charge in [-0.25, -0.2) is 4.79 Å². The van der Waals surface area contributed by atoms with Gasteiger partial charge in [0.15, 0.2) is 6.10 Å². The molecule has 33 heavy (non-hydrogen) atoms. The Balaban J connectivity index is 1.63. The SMILES string of the molecule is C=C(C)C1C[C@H](OC(C)=O)[C@]23O[C@H]2[C@H](C[C@@]2(C)O[C@@H]2c2cc(C)c(o2)[C@@H]1OC(C)=O)OC3=O. The fraction of sp³-hybridized carbons (Fsp3) is 0.625. The molecule has 8 atom stereocenters. The topological polar surface area (TPSA) is 117 Å². The van der Waals surface area contributed by atoms with E-state index in [1.54, 1.807) is 6.92 Å². The molecule has 1 aromatic heterocycles. The van der Waals surface area contributed by atoms with Crippen LogP contribution >= 0.6 is 0 Å². The predicted molar refractivity (Wildman–Crippen MR) is 111 cm³/mol. The number of rotatable bonds is 3. The Kier molecular flexibility index (Phi) is 4.82. The number of aryl methyl sites for hydroxylation is 1. The second-order valence-electron chi connectivity index (χ2n) is 9.80. The lowest BCUT2D eigenvalue weighted by Gasteiger charge is -2.30. The Morgan fingerprint density at radius 2 is 1.85 bits per heavy atom. The molecule has 5 rings (SSSR count). The summed E-state index contributed by atoms with van der Waals surface area (Å²) in [5, 5.41) is 0. The lowest BCUT2D eigenvalue weighted by atomic mass is 9.82. The molecule has 0 saturated carbocycles. The van der Waals surface area contributed by atoms with Gasteiger partial charge in [-0.05, 0) is 38.8 Å². The fourth-order valence-corrected chi connectivity index (χ4v) is 5.43. The van der Waals surface area contributed by atoms with Crippen molar-refractivity contribution < 1.29 is 42.5 Å². The van der Waals surface area contributed by atoms with Gasteiger partial charge < -0.3 is 28.1 Å². The van der Waals surface area contributed by atoms with E-state index < -0.39 is 59.4 Å². The highest BCUT2D eigenvalue weighted by molar-refractivity contribution is 5.88. The van der Waals surface area contributed by atoms with Gasteiger partial charge in [0.05, 0.1) is 0 Å². The average molecular weight is 460 g/mol. The maximum absolute atomic E-state index is 13.0. The standard InChI is InChI=1S/C24H28O9/c1-10(2)14-8-17(28-12(4)25)24-21(33-24)16(31-22(24)27)9-23(6)20(32-23)15-7-11(3)18(30-15)19(14)29-13(5)26/h7,14,16-17,19-21H,1,8-9H2,2-6H3/t14?,16-,17-,19+,20+,21-,23+,24-/m0/s1. The molecular weight excluding hydrogens is 432 g/mol. The molecule has 9 nitrogen and oxygen atoms in total. The van der Waals surface area contributed by atoms with Gasteiger partial charge in [0.25, 0.3) is 0 Å². The Hall–Kier alpha value is -2.65. The highest BCUT2D eigenvalue weighted by atomic mass is 16.7. The summed E-state index contributed by atoms with van der Waals surface area (Å²) in [5.74, 6) is -1.03. The Morgan fingerprint density at radius 1 is 1.15 bits per heavy atom. The minimum Gasteiger partial charge on any atom is -0.459 e. The third kappa shape index (κ3) is 3.40. The Bertz CT molecular complexity index is 1060. The van der Waals surface area contributed by atoms with Crippen LogP contribution in [0.15, 0.2) is 22.6 Å². The van der Waals surface area contributed by atoms with Crippen LogP contribution in [0.3, 0.4) is 0 Å². The van der Waals surface area contributed by atoms with Crippen LogP contribution in [0.1, 0.15) is 69.8 Å². The summed E-state index contributed by atoms with van der Waals surface area (Å²) >= 11 is 0. The van der Waals surface area contributed by atoms with Crippen molar-refractivity contribution in [3.8, 4) is 0 Å². The fourth-order valence-electron chi connectivity index (χ4n) is 5.43. The maximum Gasteiger partial charge on any atom is 0.345 e.